The van der Waals surface area contributed by atoms with Crippen LogP contribution in [0, 0.1) is 5.41 Å². The molecular weight excluding hydrogens is 208 g/mol. The standard InChI is InChI=1S/C11H16N2O3/c1-7(14)9-12-5-8(13-9)6-16-10(15)11(2,3)4/h5H,6H2,1-4H3,(H,12,13). The average molecular weight is 224 g/mol. The first-order chi connectivity index (χ1) is 7.30. The average Bonchev–Trinajstić information content (AvgIpc) is 2.60. The molecule has 0 saturated carbocycles. The van der Waals surface area contributed by atoms with Crippen LogP contribution in [-0.4, -0.2) is 21.7 Å². The van der Waals surface area contributed by atoms with Crippen molar-refractivity contribution in [3.05, 3.63) is 17.7 Å². The number of ketones is 1. The largest absolute Gasteiger partial charge is 0.459 e. The number of nitrogens with one attached hydrogen (secondary N) is 1. The molecule has 0 aliphatic rings. The van der Waals surface area contributed by atoms with E-state index in [4.69, 9.17) is 4.74 Å². The first-order valence-corrected chi connectivity index (χ1v) is 5.03. The number of aromatic nitrogens is 2. The van der Waals surface area contributed by atoms with Crippen molar-refractivity contribution in [2.75, 3.05) is 0 Å². The van der Waals surface area contributed by atoms with Gasteiger partial charge >= 0.3 is 5.97 Å². The lowest BCUT2D eigenvalue weighted by Gasteiger charge is -2.15. The van der Waals surface area contributed by atoms with Crippen molar-refractivity contribution < 1.29 is 14.3 Å². The maximum atomic E-state index is 11.5. The zero-order valence-electron chi connectivity index (χ0n) is 9.96. The first kappa shape index (κ1) is 12.4. The van der Waals surface area contributed by atoms with E-state index in [2.05, 4.69) is 9.97 Å². The third-order valence-corrected chi connectivity index (χ3v) is 1.93. The minimum Gasteiger partial charge on any atom is -0.459 e. The molecular formula is C11H16N2O3. The number of Topliss-reactive ketones (excluding diaryl/α,β-unsaturated/α-hetero) is 1. The summed E-state index contributed by atoms with van der Waals surface area (Å²) in [5, 5.41) is 0. The van der Waals surface area contributed by atoms with Crippen molar-refractivity contribution in [2.24, 2.45) is 5.41 Å². The summed E-state index contributed by atoms with van der Waals surface area (Å²) in [6.07, 6.45) is 1.49. The normalized spacial score (nSPS) is 11.2. The number of imidazole rings is 1. The van der Waals surface area contributed by atoms with Gasteiger partial charge in [-0.15, -0.1) is 0 Å². The van der Waals surface area contributed by atoms with Gasteiger partial charge < -0.3 is 9.72 Å². The fraction of sp³-hybridized carbons (Fsp3) is 0.545. The number of aromatic amines is 1. The van der Waals surface area contributed by atoms with Crippen LogP contribution in [0.15, 0.2) is 6.20 Å². The number of hydrogen-bond donors (Lipinski definition) is 1. The molecule has 1 N–H and O–H groups in total. The van der Waals surface area contributed by atoms with Gasteiger partial charge in [-0.2, -0.15) is 0 Å². The number of ether oxygens (including phenoxy) is 1. The topological polar surface area (TPSA) is 72.0 Å². The van der Waals surface area contributed by atoms with Crippen molar-refractivity contribution >= 4 is 11.8 Å². The molecule has 0 fully saturated rings. The van der Waals surface area contributed by atoms with Crippen LogP contribution >= 0.6 is 0 Å². The highest BCUT2D eigenvalue weighted by molar-refractivity contribution is 5.90. The van der Waals surface area contributed by atoms with Crippen LogP contribution in [0.3, 0.4) is 0 Å². The van der Waals surface area contributed by atoms with E-state index in [9.17, 15) is 9.59 Å². The van der Waals surface area contributed by atoms with Gasteiger partial charge in [0.2, 0.25) is 0 Å². The second-order valence-corrected chi connectivity index (χ2v) is 4.64. The molecule has 0 radical (unpaired) electrons. The summed E-state index contributed by atoms with van der Waals surface area (Å²) in [4.78, 5) is 29.1. The lowest BCUT2D eigenvalue weighted by molar-refractivity contribution is -0.154. The molecule has 1 aromatic heterocycles. The predicted octanol–water partition coefficient (Wildman–Crippen LogP) is 1.70. The summed E-state index contributed by atoms with van der Waals surface area (Å²) in [7, 11) is 0. The SMILES string of the molecule is CC(=O)c1ncc(COC(=O)C(C)(C)C)[nH]1. The van der Waals surface area contributed by atoms with Crippen LogP contribution in [0.5, 0.6) is 0 Å². The van der Waals surface area contributed by atoms with Crippen LogP contribution in [0.1, 0.15) is 44.0 Å². The molecule has 0 saturated heterocycles. The van der Waals surface area contributed by atoms with Crippen LogP contribution in [-0.2, 0) is 16.1 Å². The van der Waals surface area contributed by atoms with Crippen molar-refractivity contribution in [3.8, 4) is 0 Å². The molecule has 1 aromatic rings. The van der Waals surface area contributed by atoms with Crippen LogP contribution in [0.25, 0.3) is 0 Å². The van der Waals surface area contributed by atoms with Gasteiger partial charge in [0.25, 0.3) is 0 Å². The van der Waals surface area contributed by atoms with Crippen molar-refractivity contribution in [2.45, 2.75) is 34.3 Å². The molecule has 0 unspecified atom stereocenters. The highest BCUT2D eigenvalue weighted by Gasteiger charge is 2.23. The summed E-state index contributed by atoms with van der Waals surface area (Å²) in [5.74, 6) is -0.151. The van der Waals surface area contributed by atoms with E-state index in [1.54, 1.807) is 20.8 Å². The van der Waals surface area contributed by atoms with Crippen molar-refractivity contribution in [1.29, 1.82) is 0 Å². The fourth-order valence-electron chi connectivity index (χ4n) is 0.971. The molecule has 1 heterocycles. The Kier molecular flexibility index (Phi) is 3.47. The number of nitrogens with zero attached hydrogens (tertiary/aromatic N) is 1. The van der Waals surface area contributed by atoms with E-state index in [-0.39, 0.29) is 24.2 Å². The van der Waals surface area contributed by atoms with Gasteiger partial charge in [-0.05, 0) is 20.8 Å². The Morgan fingerprint density at radius 3 is 2.50 bits per heavy atom. The zero-order valence-corrected chi connectivity index (χ0v) is 9.96. The monoisotopic (exact) mass is 224 g/mol. The highest BCUT2D eigenvalue weighted by atomic mass is 16.5. The van der Waals surface area contributed by atoms with Gasteiger partial charge in [0.15, 0.2) is 11.6 Å². The van der Waals surface area contributed by atoms with Crippen LogP contribution in [0.4, 0.5) is 0 Å². The fourth-order valence-corrected chi connectivity index (χ4v) is 0.971. The van der Waals surface area contributed by atoms with Gasteiger partial charge in [0.1, 0.15) is 6.61 Å². The quantitative estimate of drug-likeness (QED) is 0.626. The van der Waals surface area contributed by atoms with Crippen molar-refractivity contribution in [1.82, 2.24) is 9.97 Å². The Morgan fingerprint density at radius 2 is 2.06 bits per heavy atom. The second kappa shape index (κ2) is 4.47. The van der Waals surface area contributed by atoms with E-state index in [0.717, 1.165) is 0 Å². The number of esters is 1. The number of rotatable bonds is 3. The molecule has 16 heavy (non-hydrogen) atoms. The maximum Gasteiger partial charge on any atom is 0.311 e. The summed E-state index contributed by atoms with van der Waals surface area (Å²) in [6.45, 7) is 6.87. The molecule has 0 atom stereocenters. The molecule has 0 bridgehead atoms. The molecule has 0 amide bonds. The van der Waals surface area contributed by atoms with Gasteiger partial charge in [0, 0.05) is 6.92 Å². The molecule has 0 aliphatic carbocycles. The first-order valence-electron chi connectivity index (χ1n) is 5.03. The lowest BCUT2D eigenvalue weighted by atomic mass is 9.97. The number of carbonyl (C=O) groups is 2. The van der Waals surface area contributed by atoms with E-state index < -0.39 is 5.41 Å². The molecule has 0 aliphatic heterocycles. The smallest absolute Gasteiger partial charge is 0.311 e. The van der Waals surface area contributed by atoms with E-state index in [1.807, 2.05) is 0 Å². The Morgan fingerprint density at radius 1 is 1.44 bits per heavy atom. The molecule has 5 nitrogen and oxygen atoms in total. The number of carbonyl (C=O) groups excluding carboxylic acids is 2. The van der Waals surface area contributed by atoms with E-state index >= 15 is 0 Å². The second-order valence-electron chi connectivity index (χ2n) is 4.64. The summed E-state index contributed by atoms with van der Waals surface area (Å²) >= 11 is 0. The summed E-state index contributed by atoms with van der Waals surface area (Å²) < 4.78 is 5.06. The van der Waals surface area contributed by atoms with Gasteiger partial charge in [-0.3, -0.25) is 9.59 Å². The van der Waals surface area contributed by atoms with E-state index in [0.29, 0.717) is 5.69 Å². The number of hydrogen-bond acceptors (Lipinski definition) is 4. The molecule has 5 heteroatoms. The Labute approximate surface area is 94.2 Å². The summed E-state index contributed by atoms with van der Waals surface area (Å²) in [6, 6.07) is 0. The zero-order chi connectivity index (χ0) is 12.3. The number of H-pyrrole nitrogens is 1. The van der Waals surface area contributed by atoms with Gasteiger partial charge in [-0.25, -0.2) is 4.98 Å². The molecule has 1 rings (SSSR count). The molecule has 0 spiro atoms. The lowest BCUT2D eigenvalue weighted by Crippen LogP contribution is -2.22. The highest BCUT2D eigenvalue weighted by Crippen LogP contribution is 2.16. The van der Waals surface area contributed by atoms with Gasteiger partial charge in [0.05, 0.1) is 17.3 Å². The Balaban J connectivity index is 2.55. The third kappa shape index (κ3) is 3.18. The minimum absolute atomic E-state index is 0.108. The van der Waals surface area contributed by atoms with Crippen molar-refractivity contribution in [3.63, 3.8) is 0 Å². The third-order valence-electron chi connectivity index (χ3n) is 1.93. The van der Waals surface area contributed by atoms with Gasteiger partial charge in [-0.1, -0.05) is 0 Å². The molecule has 88 valence electrons. The van der Waals surface area contributed by atoms with Crippen LogP contribution < -0.4 is 0 Å². The summed E-state index contributed by atoms with van der Waals surface area (Å²) in [5.41, 5.74) is 0.0893. The Bertz CT molecular complexity index is 402. The Hall–Kier alpha value is -1.65. The molecule has 0 aromatic carbocycles. The minimum atomic E-state index is -0.524. The van der Waals surface area contributed by atoms with Crippen LogP contribution in [0.2, 0.25) is 0 Å². The predicted molar refractivity (Wildman–Crippen MR) is 57.8 cm³/mol. The van der Waals surface area contributed by atoms with E-state index in [1.165, 1.54) is 13.1 Å². The maximum absolute atomic E-state index is 11.5.